The number of nitrogens with zero attached hydrogens (tertiary/aromatic N) is 2. The molecular formula is C21H25BrN2O. The zero-order valence-electron chi connectivity index (χ0n) is 14.9. The van der Waals surface area contributed by atoms with Crippen molar-refractivity contribution in [2.24, 2.45) is 0 Å². The number of piperazine rings is 1. The SMILES string of the molecule is CC1CN(C(=O)c2ccc(Br)cc2)CC(C)N1CCc1ccccc1. The first-order valence-electron chi connectivity index (χ1n) is 8.89. The predicted molar refractivity (Wildman–Crippen MR) is 106 cm³/mol. The van der Waals surface area contributed by atoms with Crippen molar-refractivity contribution in [3.8, 4) is 0 Å². The minimum Gasteiger partial charge on any atom is -0.336 e. The minimum atomic E-state index is 0.133. The molecule has 1 amide bonds. The Morgan fingerprint density at radius 2 is 1.60 bits per heavy atom. The quantitative estimate of drug-likeness (QED) is 0.766. The highest BCUT2D eigenvalue weighted by Crippen LogP contribution is 2.19. The summed E-state index contributed by atoms with van der Waals surface area (Å²) in [6.07, 6.45) is 1.05. The number of benzene rings is 2. The summed E-state index contributed by atoms with van der Waals surface area (Å²) in [7, 11) is 0. The van der Waals surface area contributed by atoms with E-state index >= 15 is 0 Å². The summed E-state index contributed by atoms with van der Waals surface area (Å²) in [4.78, 5) is 17.3. The summed E-state index contributed by atoms with van der Waals surface area (Å²) >= 11 is 3.42. The zero-order valence-corrected chi connectivity index (χ0v) is 16.4. The first-order chi connectivity index (χ1) is 12.0. The van der Waals surface area contributed by atoms with Gasteiger partial charge in [-0.25, -0.2) is 0 Å². The Labute approximate surface area is 158 Å². The highest BCUT2D eigenvalue weighted by molar-refractivity contribution is 9.10. The molecule has 3 rings (SSSR count). The van der Waals surface area contributed by atoms with Gasteiger partial charge in [0.2, 0.25) is 0 Å². The van der Waals surface area contributed by atoms with Crippen LogP contribution in [0, 0.1) is 0 Å². The van der Waals surface area contributed by atoms with E-state index in [1.807, 2.05) is 29.2 Å². The number of carbonyl (C=O) groups excluding carboxylic acids is 1. The Bertz CT molecular complexity index is 690. The second-order valence-corrected chi connectivity index (χ2v) is 7.80. The molecular weight excluding hydrogens is 376 g/mol. The van der Waals surface area contributed by atoms with Gasteiger partial charge >= 0.3 is 0 Å². The van der Waals surface area contributed by atoms with Crippen LogP contribution in [0.5, 0.6) is 0 Å². The Hall–Kier alpha value is -1.65. The van der Waals surface area contributed by atoms with E-state index < -0.39 is 0 Å². The fourth-order valence-corrected chi connectivity index (χ4v) is 3.91. The molecule has 0 aliphatic carbocycles. The van der Waals surface area contributed by atoms with Crippen LogP contribution in [0.3, 0.4) is 0 Å². The molecule has 4 heteroatoms. The van der Waals surface area contributed by atoms with Gasteiger partial charge in [0.15, 0.2) is 0 Å². The number of hydrogen-bond acceptors (Lipinski definition) is 2. The first-order valence-corrected chi connectivity index (χ1v) is 9.68. The number of rotatable bonds is 4. The van der Waals surface area contributed by atoms with Gasteiger partial charge in [-0.15, -0.1) is 0 Å². The maximum Gasteiger partial charge on any atom is 0.253 e. The van der Waals surface area contributed by atoms with E-state index in [0.29, 0.717) is 12.1 Å². The van der Waals surface area contributed by atoms with Crippen LogP contribution in [0.25, 0.3) is 0 Å². The summed E-state index contributed by atoms with van der Waals surface area (Å²) in [5.74, 6) is 0.133. The van der Waals surface area contributed by atoms with Crippen molar-refractivity contribution in [3.05, 3.63) is 70.2 Å². The second kappa shape index (κ2) is 8.15. The molecule has 2 unspecified atom stereocenters. The van der Waals surface area contributed by atoms with Gasteiger partial charge in [0, 0.05) is 41.8 Å². The van der Waals surface area contributed by atoms with Crippen LogP contribution in [0.4, 0.5) is 0 Å². The Kier molecular flexibility index (Phi) is 5.92. The molecule has 0 bridgehead atoms. The second-order valence-electron chi connectivity index (χ2n) is 6.89. The molecule has 1 fully saturated rings. The molecule has 0 saturated carbocycles. The van der Waals surface area contributed by atoms with Crippen molar-refractivity contribution in [3.63, 3.8) is 0 Å². The third kappa shape index (κ3) is 4.50. The van der Waals surface area contributed by atoms with Crippen molar-refractivity contribution in [1.29, 1.82) is 0 Å². The molecule has 25 heavy (non-hydrogen) atoms. The fourth-order valence-electron chi connectivity index (χ4n) is 3.64. The number of hydrogen-bond donors (Lipinski definition) is 0. The first kappa shape index (κ1) is 18.2. The van der Waals surface area contributed by atoms with Crippen molar-refractivity contribution in [2.75, 3.05) is 19.6 Å². The normalized spacial score (nSPS) is 21.3. The third-order valence-electron chi connectivity index (χ3n) is 4.98. The molecule has 0 radical (unpaired) electrons. The summed E-state index contributed by atoms with van der Waals surface area (Å²) in [5, 5.41) is 0. The molecule has 1 saturated heterocycles. The summed E-state index contributed by atoms with van der Waals surface area (Å²) in [6.45, 7) is 7.06. The zero-order chi connectivity index (χ0) is 17.8. The van der Waals surface area contributed by atoms with Gasteiger partial charge in [0.25, 0.3) is 5.91 Å². The lowest BCUT2D eigenvalue weighted by Gasteiger charge is -2.44. The van der Waals surface area contributed by atoms with Crippen molar-refractivity contribution in [2.45, 2.75) is 32.4 Å². The lowest BCUT2D eigenvalue weighted by Crippen LogP contribution is -2.58. The average molecular weight is 401 g/mol. The Morgan fingerprint density at radius 1 is 1.00 bits per heavy atom. The summed E-state index contributed by atoms with van der Waals surface area (Å²) in [5.41, 5.74) is 2.13. The predicted octanol–water partition coefficient (Wildman–Crippen LogP) is 4.23. The highest BCUT2D eigenvalue weighted by Gasteiger charge is 2.31. The monoisotopic (exact) mass is 400 g/mol. The van der Waals surface area contributed by atoms with Crippen LogP contribution >= 0.6 is 15.9 Å². The largest absolute Gasteiger partial charge is 0.336 e. The molecule has 0 aromatic heterocycles. The van der Waals surface area contributed by atoms with Crippen LogP contribution in [0.15, 0.2) is 59.1 Å². The molecule has 1 aliphatic heterocycles. The molecule has 1 heterocycles. The van der Waals surface area contributed by atoms with Gasteiger partial charge in [-0.2, -0.15) is 0 Å². The maximum atomic E-state index is 12.8. The lowest BCUT2D eigenvalue weighted by molar-refractivity contribution is 0.0311. The van der Waals surface area contributed by atoms with E-state index in [-0.39, 0.29) is 5.91 Å². The number of halogens is 1. The molecule has 1 aliphatic rings. The van der Waals surface area contributed by atoms with Crippen molar-refractivity contribution >= 4 is 21.8 Å². The third-order valence-corrected chi connectivity index (χ3v) is 5.51. The van der Waals surface area contributed by atoms with Crippen molar-refractivity contribution in [1.82, 2.24) is 9.80 Å². The van der Waals surface area contributed by atoms with Gasteiger partial charge in [0.1, 0.15) is 0 Å². The van der Waals surface area contributed by atoms with Crippen LogP contribution in [-0.2, 0) is 6.42 Å². The van der Waals surface area contributed by atoms with Gasteiger partial charge < -0.3 is 4.90 Å². The average Bonchev–Trinajstić information content (AvgIpc) is 2.62. The van der Waals surface area contributed by atoms with Crippen LogP contribution < -0.4 is 0 Å². The molecule has 132 valence electrons. The number of carbonyl (C=O) groups is 1. The summed E-state index contributed by atoms with van der Waals surface area (Å²) < 4.78 is 0.997. The Balaban J connectivity index is 1.61. The smallest absolute Gasteiger partial charge is 0.253 e. The van der Waals surface area contributed by atoms with E-state index in [2.05, 4.69) is 65.0 Å². The van der Waals surface area contributed by atoms with Crippen LogP contribution in [-0.4, -0.2) is 47.4 Å². The molecule has 3 nitrogen and oxygen atoms in total. The topological polar surface area (TPSA) is 23.6 Å². The molecule has 0 spiro atoms. The molecule has 2 aromatic rings. The lowest BCUT2D eigenvalue weighted by atomic mass is 10.0. The van der Waals surface area contributed by atoms with E-state index in [1.165, 1.54) is 5.56 Å². The standard InChI is InChI=1S/C21H25BrN2O/c1-16-14-23(21(25)19-8-10-20(22)11-9-19)15-17(2)24(16)13-12-18-6-4-3-5-7-18/h3-11,16-17H,12-15H2,1-2H3. The minimum absolute atomic E-state index is 0.133. The van der Waals surface area contributed by atoms with Crippen LogP contribution in [0.1, 0.15) is 29.8 Å². The van der Waals surface area contributed by atoms with E-state index in [1.54, 1.807) is 0 Å². The molecule has 2 atom stereocenters. The van der Waals surface area contributed by atoms with Gasteiger partial charge in [-0.05, 0) is 50.1 Å². The van der Waals surface area contributed by atoms with E-state index in [9.17, 15) is 4.79 Å². The van der Waals surface area contributed by atoms with E-state index in [0.717, 1.165) is 36.1 Å². The van der Waals surface area contributed by atoms with E-state index in [4.69, 9.17) is 0 Å². The molecule has 2 aromatic carbocycles. The number of amides is 1. The highest BCUT2D eigenvalue weighted by atomic mass is 79.9. The Morgan fingerprint density at radius 3 is 2.20 bits per heavy atom. The fraction of sp³-hybridized carbons (Fsp3) is 0.381. The van der Waals surface area contributed by atoms with Crippen molar-refractivity contribution < 1.29 is 4.79 Å². The maximum absolute atomic E-state index is 12.8. The van der Waals surface area contributed by atoms with Gasteiger partial charge in [-0.3, -0.25) is 9.69 Å². The van der Waals surface area contributed by atoms with Gasteiger partial charge in [-0.1, -0.05) is 46.3 Å². The summed E-state index contributed by atoms with van der Waals surface area (Å²) in [6, 6.07) is 19.0. The molecule has 0 N–H and O–H groups in total. The van der Waals surface area contributed by atoms with Gasteiger partial charge in [0.05, 0.1) is 0 Å². The van der Waals surface area contributed by atoms with Crippen LogP contribution in [0.2, 0.25) is 0 Å².